The number of hydrogen-bond acceptors (Lipinski definition) is 2. The summed E-state index contributed by atoms with van der Waals surface area (Å²) in [7, 11) is -0.960. The van der Waals surface area contributed by atoms with Gasteiger partial charge in [0.1, 0.15) is 0 Å². The second kappa shape index (κ2) is 7.89. The molecule has 4 unspecified atom stereocenters. The maximum Gasteiger partial charge on any atom is 0.0588 e. The Hall–Kier alpha value is -0.190. The fourth-order valence-corrected chi connectivity index (χ4v) is 5.78. The second-order valence-corrected chi connectivity index (χ2v) is 8.74. The van der Waals surface area contributed by atoms with Crippen LogP contribution < -0.4 is 5.32 Å². The zero-order valence-electron chi connectivity index (χ0n) is 13.1. The highest BCUT2D eigenvalue weighted by Gasteiger charge is 2.35. The molecule has 1 N–H and O–H groups in total. The molecular weight excluding hydrogens is 346 g/mol. The van der Waals surface area contributed by atoms with E-state index in [1.807, 2.05) is 24.3 Å². The van der Waals surface area contributed by atoms with E-state index in [0.29, 0.717) is 17.9 Å². The van der Waals surface area contributed by atoms with Crippen molar-refractivity contribution in [2.75, 3.05) is 6.54 Å². The number of rotatable bonds is 5. The molecule has 2 nitrogen and oxygen atoms in total. The monoisotopic (exact) mass is 371 g/mol. The maximum absolute atomic E-state index is 13.1. The van der Waals surface area contributed by atoms with E-state index in [2.05, 4.69) is 42.0 Å². The second-order valence-electron chi connectivity index (χ2n) is 6.25. The average Bonchev–Trinajstić information content (AvgIpc) is 2.47. The fourth-order valence-electron chi connectivity index (χ4n) is 3.27. The molecule has 21 heavy (non-hydrogen) atoms. The lowest BCUT2D eigenvalue weighted by Gasteiger charge is -2.37. The lowest BCUT2D eigenvalue weighted by molar-refractivity contribution is 0.245. The van der Waals surface area contributed by atoms with E-state index in [9.17, 15) is 4.21 Å². The van der Waals surface area contributed by atoms with Gasteiger partial charge in [0.15, 0.2) is 0 Å². The molecule has 0 heterocycles. The highest BCUT2D eigenvalue weighted by molar-refractivity contribution is 9.10. The summed E-state index contributed by atoms with van der Waals surface area (Å²) in [6.07, 6.45) is 3.44. The van der Waals surface area contributed by atoms with Crippen molar-refractivity contribution in [3.63, 3.8) is 0 Å². The third-order valence-electron chi connectivity index (χ3n) is 4.57. The molecule has 0 saturated heterocycles. The number of hydrogen-bond donors (Lipinski definition) is 1. The van der Waals surface area contributed by atoms with Crippen molar-refractivity contribution in [2.24, 2.45) is 11.8 Å². The van der Waals surface area contributed by atoms with Gasteiger partial charge in [-0.15, -0.1) is 0 Å². The molecule has 1 aromatic carbocycles. The van der Waals surface area contributed by atoms with Gasteiger partial charge < -0.3 is 5.32 Å². The maximum atomic E-state index is 13.1. The zero-order valence-corrected chi connectivity index (χ0v) is 15.5. The first-order chi connectivity index (χ1) is 10.0. The summed E-state index contributed by atoms with van der Waals surface area (Å²) >= 11 is 3.55. The van der Waals surface area contributed by atoms with Crippen molar-refractivity contribution in [3.8, 4) is 0 Å². The Kier molecular flexibility index (Phi) is 6.45. The first-order valence-corrected chi connectivity index (χ1v) is 9.93. The molecule has 1 aliphatic carbocycles. The normalized spacial score (nSPS) is 27.8. The van der Waals surface area contributed by atoms with Crippen molar-refractivity contribution in [2.45, 2.75) is 56.2 Å². The Morgan fingerprint density at radius 2 is 2.05 bits per heavy atom. The zero-order chi connectivity index (χ0) is 15.4. The standard InChI is InChI=1S/C17H26BrNOS/c1-4-19-15-10-9-13(12(2)3)11-17(15)21(20)16-8-6-5-7-14(16)18/h5-8,12-13,15,17,19H,4,9-11H2,1-3H3. The molecule has 0 radical (unpaired) electrons. The van der Waals surface area contributed by atoms with Crippen LogP contribution in [0.2, 0.25) is 0 Å². The Bertz CT molecular complexity index is 491. The fraction of sp³-hybridized carbons (Fsp3) is 0.647. The van der Waals surface area contributed by atoms with E-state index in [4.69, 9.17) is 0 Å². The lowest BCUT2D eigenvalue weighted by atomic mass is 9.79. The van der Waals surface area contributed by atoms with Crippen LogP contribution in [0, 0.1) is 11.8 Å². The van der Waals surface area contributed by atoms with Gasteiger partial charge in [-0.3, -0.25) is 4.21 Å². The summed E-state index contributed by atoms with van der Waals surface area (Å²) in [5.41, 5.74) is 0. The van der Waals surface area contributed by atoms with E-state index >= 15 is 0 Å². The third-order valence-corrected chi connectivity index (χ3v) is 7.38. The molecule has 0 bridgehead atoms. The summed E-state index contributed by atoms with van der Waals surface area (Å²) in [5.74, 6) is 1.36. The number of nitrogens with one attached hydrogen (secondary N) is 1. The predicted molar refractivity (Wildman–Crippen MR) is 94.0 cm³/mol. The number of halogens is 1. The van der Waals surface area contributed by atoms with Crippen molar-refractivity contribution < 1.29 is 4.21 Å². The summed E-state index contributed by atoms with van der Waals surface area (Å²) in [6.45, 7) is 7.65. The van der Waals surface area contributed by atoms with Crippen molar-refractivity contribution in [3.05, 3.63) is 28.7 Å². The molecule has 0 spiro atoms. The summed E-state index contributed by atoms with van der Waals surface area (Å²) in [5, 5.41) is 3.77. The SMILES string of the molecule is CCNC1CCC(C(C)C)CC1S(=O)c1ccccc1Br. The Labute approximate surface area is 139 Å². The van der Waals surface area contributed by atoms with Gasteiger partial charge in [-0.25, -0.2) is 0 Å². The summed E-state index contributed by atoms with van der Waals surface area (Å²) in [6, 6.07) is 8.30. The molecule has 2 rings (SSSR count). The minimum Gasteiger partial charge on any atom is -0.313 e. The van der Waals surface area contributed by atoms with Crippen molar-refractivity contribution in [1.82, 2.24) is 5.32 Å². The van der Waals surface area contributed by atoms with Gasteiger partial charge in [-0.05, 0) is 65.7 Å². The van der Waals surface area contributed by atoms with Crippen LogP contribution in [0.3, 0.4) is 0 Å². The van der Waals surface area contributed by atoms with Crippen LogP contribution in [0.4, 0.5) is 0 Å². The molecule has 0 aromatic heterocycles. The van der Waals surface area contributed by atoms with E-state index in [1.54, 1.807) is 0 Å². The third kappa shape index (κ3) is 4.17. The van der Waals surface area contributed by atoms with Crippen LogP contribution in [-0.4, -0.2) is 22.0 Å². The van der Waals surface area contributed by atoms with Crippen molar-refractivity contribution in [1.29, 1.82) is 0 Å². The average molecular weight is 372 g/mol. The van der Waals surface area contributed by atoms with Gasteiger partial charge in [0.2, 0.25) is 0 Å². The quantitative estimate of drug-likeness (QED) is 0.832. The lowest BCUT2D eigenvalue weighted by Crippen LogP contribution is -2.47. The molecule has 0 aliphatic heterocycles. The first kappa shape index (κ1) is 17.2. The van der Waals surface area contributed by atoms with Gasteiger partial charge in [-0.1, -0.05) is 32.9 Å². The van der Waals surface area contributed by atoms with Crippen LogP contribution in [0.5, 0.6) is 0 Å². The van der Waals surface area contributed by atoms with Crippen molar-refractivity contribution >= 4 is 26.7 Å². The van der Waals surface area contributed by atoms with Crippen LogP contribution in [-0.2, 0) is 10.8 Å². The predicted octanol–water partition coefficient (Wildman–Crippen LogP) is 4.36. The van der Waals surface area contributed by atoms with Gasteiger partial charge in [0.25, 0.3) is 0 Å². The minimum absolute atomic E-state index is 0.213. The first-order valence-electron chi connectivity index (χ1n) is 7.93. The van der Waals surface area contributed by atoms with E-state index in [0.717, 1.165) is 28.8 Å². The molecule has 4 heteroatoms. The van der Waals surface area contributed by atoms with Gasteiger partial charge in [0.05, 0.1) is 20.9 Å². The summed E-state index contributed by atoms with van der Waals surface area (Å²) in [4.78, 5) is 0.940. The van der Waals surface area contributed by atoms with E-state index < -0.39 is 10.8 Å². The van der Waals surface area contributed by atoms with Gasteiger partial charge in [-0.2, -0.15) is 0 Å². The van der Waals surface area contributed by atoms with Crippen LogP contribution in [0.1, 0.15) is 40.0 Å². The number of benzene rings is 1. The van der Waals surface area contributed by atoms with Crippen LogP contribution >= 0.6 is 15.9 Å². The highest BCUT2D eigenvalue weighted by Crippen LogP contribution is 2.35. The molecule has 1 saturated carbocycles. The molecule has 118 valence electrons. The molecule has 1 fully saturated rings. The van der Waals surface area contributed by atoms with Gasteiger partial charge >= 0.3 is 0 Å². The largest absolute Gasteiger partial charge is 0.313 e. The molecule has 1 aromatic rings. The minimum atomic E-state index is -0.960. The molecular formula is C17H26BrNOS. The van der Waals surface area contributed by atoms with Gasteiger partial charge in [0, 0.05) is 10.5 Å². The Morgan fingerprint density at radius 3 is 2.67 bits per heavy atom. The van der Waals surface area contributed by atoms with E-state index in [1.165, 1.54) is 6.42 Å². The topological polar surface area (TPSA) is 29.1 Å². The smallest absolute Gasteiger partial charge is 0.0588 e. The Morgan fingerprint density at radius 1 is 1.33 bits per heavy atom. The molecule has 4 atom stereocenters. The molecule has 1 aliphatic rings. The highest BCUT2D eigenvalue weighted by atomic mass is 79.9. The Balaban J connectivity index is 2.22. The van der Waals surface area contributed by atoms with E-state index in [-0.39, 0.29) is 5.25 Å². The summed E-state index contributed by atoms with van der Waals surface area (Å²) < 4.78 is 14.1. The van der Waals surface area contributed by atoms with Crippen LogP contribution in [0.25, 0.3) is 0 Å². The van der Waals surface area contributed by atoms with Crippen LogP contribution in [0.15, 0.2) is 33.6 Å². The molecule has 0 amide bonds.